The van der Waals surface area contributed by atoms with Crippen molar-refractivity contribution in [1.29, 1.82) is 0 Å². The number of carbonyl (C=O) groups is 1. The zero-order chi connectivity index (χ0) is 13.2. The molecule has 0 radical (unpaired) electrons. The summed E-state index contributed by atoms with van der Waals surface area (Å²) in [6, 6.07) is 6.98. The van der Waals surface area contributed by atoms with E-state index in [0.717, 1.165) is 31.1 Å². The van der Waals surface area contributed by atoms with Crippen LogP contribution in [0, 0.1) is 0 Å². The first kappa shape index (κ1) is 12.3. The fourth-order valence-corrected chi connectivity index (χ4v) is 3.15. The molecule has 0 atom stereocenters. The van der Waals surface area contributed by atoms with E-state index in [1.54, 1.807) is 24.3 Å². The lowest BCUT2D eigenvalue weighted by Crippen LogP contribution is -2.23. The summed E-state index contributed by atoms with van der Waals surface area (Å²) in [5.41, 5.74) is 0.649. The molecule has 1 amide bonds. The Balaban J connectivity index is 1.81. The molecule has 3 rings (SSSR count). The Kier molecular flexibility index (Phi) is 3.29. The van der Waals surface area contributed by atoms with Gasteiger partial charge in [-0.05, 0) is 36.7 Å². The van der Waals surface area contributed by atoms with Gasteiger partial charge in [0.1, 0.15) is 5.75 Å². The summed E-state index contributed by atoms with van der Waals surface area (Å²) in [5, 5.41) is 10.5. The highest BCUT2D eigenvalue weighted by atomic mass is 32.2. The number of nitrogens with zero attached hydrogens (tertiary/aromatic N) is 2. The van der Waals surface area contributed by atoms with Gasteiger partial charge >= 0.3 is 0 Å². The third-order valence-corrected chi connectivity index (χ3v) is 4.25. The number of phenols is 1. The van der Waals surface area contributed by atoms with Crippen molar-refractivity contribution < 1.29 is 9.90 Å². The highest BCUT2D eigenvalue weighted by molar-refractivity contribution is 8.18. The average Bonchev–Trinajstić information content (AvgIpc) is 3.02. The molecule has 0 saturated carbocycles. The second-order valence-corrected chi connectivity index (χ2v) is 5.57. The molecule has 1 N–H and O–H groups in total. The molecule has 0 aliphatic carbocycles. The quantitative estimate of drug-likeness (QED) is 0.799. The van der Waals surface area contributed by atoms with Crippen LogP contribution in [0.2, 0.25) is 0 Å². The van der Waals surface area contributed by atoms with Crippen molar-refractivity contribution in [3.63, 3.8) is 0 Å². The Labute approximate surface area is 115 Å². The number of hydrogen-bond acceptors (Lipinski definition) is 4. The molecule has 5 heteroatoms. The SMILES string of the molecule is O=C1N=C(N2CCCC2)S/C1=C\c1ccccc1O. The van der Waals surface area contributed by atoms with Crippen molar-refractivity contribution >= 4 is 28.9 Å². The topological polar surface area (TPSA) is 52.9 Å². The number of phenolic OH excluding ortho intramolecular Hbond substituents is 1. The summed E-state index contributed by atoms with van der Waals surface area (Å²) in [4.78, 5) is 18.7. The maximum absolute atomic E-state index is 11.9. The number of para-hydroxylation sites is 1. The number of aromatic hydroxyl groups is 1. The van der Waals surface area contributed by atoms with Crippen molar-refractivity contribution in [3.8, 4) is 5.75 Å². The van der Waals surface area contributed by atoms with Crippen molar-refractivity contribution in [2.24, 2.45) is 4.99 Å². The van der Waals surface area contributed by atoms with Crippen LogP contribution in [-0.2, 0) is 4.79 Å². The Morgan fingerprint density at radius 3 is 2.74 bits per heavy atom. The van der Waals surface area contributed by atoms with Crippen molar-refractivity contribution in [2.45, 2.75) is 12.8 Å². The molecule has 0 spiro atoms. The van der Waals surface area contributed by atoms with Crippen LogP contribution >= 0.6 is 11.8 Å². The van der Waals surface area contributed by atoms with E-state index >= 15 is 0 Å². The fourth-order valence-electron chi connectivity index (χ4n) is 2.19. The first-order valence-corrected chi connectivity index (χ1v) is 7.11. The lowest BCUT2D eigenvalue weighted by atomic mass is 10.2. The van der Waals surface area contributed by atoms with Crippen LogP contribution < -0.4 is 0 Å². The van der Waals surface area contributed by atoms with Crippen LogP contribution in [0.3, 0.4) is 0 Å². The minimum atomic E-state index is -0.213. The molecule has 0 unspecified atom stereocenters. The molecule has 2 aliphatic rings. The van der Waals surface area contributed by atoms with Crippen LogP contribution in [-0.4, -0.2) is 34.2 Å². The highest BCUT2D eigenvalue weighted by Gasteiger charge is 2.27. The van der Waals surface area contributed by atoms with Gasteiger partial charge in [0.2, 0.25) is 0 Å². The summed E-state index contributed by atoms with van der Waals surface area (Å²) < 4.78 is 0. The predicted octanol–water partition coefficient (Wildman–Crippen LogP) is 2.46. The van der Waals surface area contributed by atoms with Crippen LogP contribution in [0.25, 0.3) is 6.08 Å². The lowest BCUT2D eigenvalue weighted by Gasteiger charge is -2.14. The average molecular weight is 274 g/mol. The Morgan fingerprint density at radius 1 is 1.26 bits per heavy atom. The molecular formula is C14H14N2O2S. The maximum Gasteiger partial charge on any atom is 0.286 e. The molecule has 1 aromatic carbocycles. The summed E-state index contributed by atoms with van der Waals surface area (Å²) in [6.07, 6.45) is 4.02. The van der Waals surface area contributed by atoms with Crippen molar-refractivity contribution in [3.05, 3.63) is 34.7 Å². The third kappa shape index (κ3) is 2.51. The van der Waals surface area contributed by atoms with Gasteiger partial charge in [-0.25, -0.2) is 0 Å². The van der Waals surface area contributed by atoms with Gasteiger partial charge in [0.25, 0.3) is 5.91 Å². The van der Waals surface area contributed by atoms with Gasteiger partial charge in [0, 0.05) is 18.7 Å². The smallest absolute Gasteiger partial charge is 0.286 e. The highest BCUT2D eigenvalue weighted by Crippen LogP contribution is 2.32. The maximum atomic E-state index is 11.9. The minimum absolute atomic E-state index is 0.179. The van der Waals surface area contributed by atoms with E-state index in [-0.39, 0.29) is 11.7 Å². The van der Waals surface area contributed by atoms with Gasteiger partial charge in [0.15, 0.2) is 5.17 Å². The zero-order valence-electron chi connectivity index (χ0n) is 10.4. The predicted molar refractivity (Wildman–Crippen MR) is 76.9 cm³/mol. The molecule has 2 heterocycles. The van der Waals surface area contributed by atoms with Gasteiger partial charge in [-0.15, -0.1) is 0 Å². The van der Waals surface area contributed by atoms with Gasteiger partial charge in [-0.1, -0.05) is 18.2 Å². The molecule has 0 aromatic heterocycles. The molecule has 1 saturated heterocycles. The Hall–Kier alpha value is -1.75. The van der Waals surface area contributed by atoms with E-state index in [1.165, 1.54) is 11.8 Å². The second kappa shape index (κ2) is 5.09. The second-order valence-electron chi connectivity index (χ2n) is 4.56. The number of rotatable bonds is 1. The molecular weight excluding hydrogens is 260 g/mol. The molecule has 19 heavy (non-hydrogen) atoms. The number of carbonyl (C=O) groups excluding carboxylic acids is 1. The number of likely N-dealkylation sites (tertiary alicyclic amines) is 1. The molecule has 2 aliphatic heterocycles. The van der Waals surface area contributed by atoms with E-state index in [4.69, 9.17) is 0 Å². The minimum Gasteiger partial charge on any atom is -0.507 e. The summed E-state index contributed by atoms with van der Waals surface area (Å²) in [6.45, 7) is 1.95. The summed E-state index contributed by atoms with van der Waals surface area (Å²) >= 11 is 1.40. The fraction of sp³-hybridized carbons (Fsp3) is 0.286. The number of aliphatic imine (C=N–C) groups is 1. The Bertz CT molecular complexity index is 575. The van der Waals surface area contributed by atoms with Gasteiger partial charge in [-0.3, -0.25) is 4.79 Å². The van der Waals surface area contributed by atoms with Crippen molar-refractivity contribution in [2.75, 3.05) is 13.1 Å². The Morgan fingerprint density at radius 2 is 2.00 bits per heavy atom. The lowest BCUT2D eigenvalue weighted by molar-refractivity contribution is -0.113. The number of thioether (sulfide) groups is 1. The van der Waals surface area contributed by atoms with Crippen molar-refractivity contribution in [1.82, 2.24) is 4.90 Å². The molecule has 4 nitrogen and oxygen atoms in total. The number of benzene rings is 1. The van der Waals surface area contributed by atoms with Crippen LogP contribution in [0.4, 0.5) is 0 Å². The van der Waals surface area contributed by atoms with Gasteiger partial charge in [-0.2, -0.15) is 4.99 Å². The third-order valence-electron chi connectivity index (χ3n) is 3.21. The number of amidine groups is 1. The van der Waals surface area contributed by atoms with Crippen LogP contribution in [0.15, 0.2) is 34.2 Å². The largest absolute Gasteiger partial charge is 0.507 e. The molecule has 98 valence electrons. The number of hydrogen-bond donors (Lipinski definition) is 1. The van der Waals surface area contributed by atoms with Crippen LogP contribution in [0.5, 0.6) is 5.75 Å². The normalized spacial score (nSPS) is 21.3. The molecule has 0 bridgehead atoms. The van der Waals surface area contributed by atoms with Gasteiger partial charge < -0.3 is 10.0 Å². The summed E-state index contributed by atoms with van der Waals surface area (Å²) in [7, 11) is 0. The standard InChI is InChI=1S/C14H14N2O2S/c17-11-6-2-1-5-10(11)9-12-13(18)15-14(19-12)16-7-3-4-8-16/h1-2,5-6,9,17H,3-4,7-8H2/b12-9-. The molecule has 1 aromatic rings. The zero-order valence-corrected chi connectivity index (χ0v) is 11.2. The van der Waals surface area contributed by atoms with E-state index in [9.17, 15) is 9.90 Å². The van der Waals surface area contributed by atoms with E-state index in [0.29, 0.717) is 10.5 Å². The molecule has 1 fully saturated rings. The first-order chi connectivity index (χ1) is 9.24. The van der Waals surface area contributed by atoms with E-state index < -0.39 is 0 Å². The first-order valence-electron chi connectivity index (χ1n) is 6.29. The van der Waals surface area contributed by atoms with Gasteiger partial charge in [0.05, 0.1) is 4.91 Å². The monoisotopic (exact) mass is 274 g/mol. The van der Waals surface area contributed by atoms with Crippen LogP contribution in [0.1, 0.15) is 18.4 Å². The number of amides is 1. The van der Waals surface area contributed by atoms with E-state index in [2.05, 4.69) is 9.89 Å². The van der Waals surface area contributed by atoms with E-state index in [1.807, 2.05) is 6.07 Å². The summed E-state index contributed by atoms with van der Waals surface area (Å²) in [5.74, 6) is -0.0341.